The highest BCUT2D eigenvalue weighted by Gasteiger charge is 2.23. The highest BCUT2D eigenvalue weighted by Crippen LogP contribution is 2.36. The molecule has 56 heavy (non-hydrogen) atoms. The summed E-state index contributed by atoms with van der Waals surface area (Å²) in [4.78, 5) is 16.3. The number of phenols is 2. The molecule has 3 N–H and O–H groups in total. The van der Waals surface area contributed by atoms with Crippen molar-refractivity contribution in [2.24, 2.45) is 0 Å². The molecule has 0 aromatic heterocycles. The van der Waals surface area contributed by atoms with E-state index >= 15 is 0 Å². The number of carboxylic acids is 1. The highest BCUT2D eigenvalue weighted by molar-refractivity contribution is 8.26. The van der Waals surface area contributed by atoms with Gasteiger partial charge in [0.05, 0.1) is 5.56 Å². The summed E-state index contributed by atoms with van der Waals surface area (Å²) in [6.07, 6.45) is 1.80. The molecule has 0 saturated heterocycles. The van der Waals surface area contributed by atoms with Crippen molar-refractivity contribution in [3.8, 4) is 11.5 Å². The van der Waals surface area contributed by atoms with E-state index in [0.29, 0.717) is 35.5 Å². The Morgan fingerprint density at radius 1 is 0.625 bits per heavy atom. The zero-order valence-corrected chi connectivity index (χ0v) is 36.8. The molecule has 1 unspecified atom stereocenters. The number of hydrogen-bond donors (Lipinski definition) is 3. The molecule has 0 aliphatic carbocycles. The van der Waals surface area contributed by atoms with Gasteiger partial charge in [-0.3, -0.25) is 9.80 Å². The fourth-order valence-electron chi connectivity index (χ4n) is 7.08. The molecule has 0 aliphatic rings. The lowest BCUT2D eigenvalue weighted by Gasteiger charge is -2.32. The lowest BCUT2D eigenvalue weighted by Crippen LogP contribution is -2.38. The van der Waals surface area contributed by atoms with E-state index < -0.39 is 15.2 Å². The number of aromatic carboxylic acids is 1. The molecule has 0 aliphatic heterocycles. The second-order valence-electron chi connectivity index (χ2n) is 14.7. The van der Waals surface area contributed by atoms with Gasteiger partial charge in [0, 0.05) is 68.5 Å². The number of aromatic hydroxyl groups is 2. The molecule has 0 bridgehead atoms. The first-order valence-electron chi connectivity index (χ1n) is 18.7. The summed E-state index contributed by atoms with van der Waals surface area (Å²) < 4.78 is 9.09. The topological polar surface area (TPSA) is 101 Å². The maximum Gasteiger partial charge on any atom is 0.335 e. The monoisotopic (exact) mass is 850 g/mol. The number of halogens is 3. The normalized spacial score (nSPS) is 12.1. The van der Waals surface area contributed by atoms with Gasteiger partial charge in [-0.25, -0.2) is 9.00 Å². The van der Waals surface area contributed by atoms with E-state index in [1.807, 2.05) is 48.5 Å². The third-order valence-corrected chi connectivity index (χ3v) is 9.62. The van der Waals surface area contributed by atoms with Gasteiger partial charge in [-0.2, -0.15) is 0 Å². The SMILES string of the molecule is C.CC(C)N(CCC(c1ccccc1)c1cc(C(=O)O)ccc1O)C(C)C.Cc1ccc(O)c([C@@H](CCN(C(C)C)C(C)C)c2ccccc2)c1.Cl.O=S(Cl)Cl. The van der Waals surface area contributed by atoms with Crippen LogP contribution in [0.1, 0.15) is 126 Å². The van der Waals surface area contributed by atoms with Crippen molar-refractivity contribution >= 4 is 49.0 Å². The molecule has 0 spiro atoms. The first-order chi connectivity index (χ1) is 25.4. The Hall–Kier alpha value is -3.11. The molecule has 0 amide bonds. The van der Waals surface area contributed by atoms with E-state index in [2.05, 4.69) is 124 Å². The molecule has 0 radical (unpaired) electrons. The van der Waals surface area contributed by atoms with Crippen molar-refractivity contribution in [1.82, 2.24) is 9.80 Å². The Labute approximate surface area is 354 Å². The first-order valence-corrected chi connectivity index (χ1v) is 21.5. The number of carboxylic acid groups (broad SMARTS) is 1. The maximum absolute atomic E-state index is 11.4. The van der Waals surface area contributed by atoms with Crippen LogP contribution in [0.5, 0.6) is 11.5 Å². The van der Waals surface area contributed by atoms with Crippen molar-refractivity contribution < 1.29 is 24.3 Å². The number of hydrogen-bond acceptors (Lipinski definition) is 6. The average Bonchev–Trinajstić information content (AvgIpc) is 3.10. The van der Waals surface area contributed by atoms with E-state index in [-0.39, 0.29) is 43.0 Å². The Kier molecular flexibility index (Phi) is 25.3. The van der Waals surface area contributed by atoms with Crippen LogP contribution in [0.3, 0.4) is 0 Å². The van der Waals surface area contributed by atoms with Crippen molar-refractivity contribution in [1.29, 1.82) is 0 Å². The molecule has 4 rings (SSSR count). The van der Waals surface area contributed by atoms with Crippen LogP contribution in [0.25, 0.3) is 0 Å². The molecule has 312 valence electrons. The molecule has 0 fully saturated rings. The van der Waals surface area contributed by atoms with Gasteiger partial charge in [0.1, 0.15) is 11.5 Å². The van der Waals surface area contributed by atoms with Gasteiger partial charge in [0.15, 0.2) is 0 Å². The second-order valence-corrected chi connectivity index (χ2v) is 17.2. The van der Waals surface area contributed by atoms with Crippen molar-refractivity contribution in [3.63, 3.8) is 0 Å². The molecule has 2 atom stereocenters. The lowest BCUT2D eigenvalue weighted by atomic mass is 9.86. The van der Waals surface area contributed by atoms with Crippen molar-refractivity contribution in [2.45, 2.75) is 119 Å². The molecule has 0 saturated carbocycles. The molecule has 7 nitrogen and oxygen atoms in total. The fourth-order valence-corrected chi connectivity index (χ4v) is 7.08. The van der Waals surface area contributed by atoms with Crippen LogP contribution in [0.4, 0.5) is 0 Å². The number of benzene rings is 4. The van der Waals surface area contributed by atoms with Crippen LogP contribution >= 0.6 is 33.8 Å². The van der Waals surface area contributed by atoms with Gasteiger partial charge < -0.3 is 15.3 Å². The zero-order valence-electron chi connectivity index (χ0n) is 33.7. The molecule has 4 aromatic rings. The van der Waals surface area contributed by atoms with Gasteiger partial charge in [-0.15, -0.1) is 12.4 Å². The molecular weight excluding hydrogens is 787 g/mol. The largest absolute Gasteiger partial charge is 0.508 e. The Morgan fingerprint density at radius 3 is 1.30 bits per heavy atom. The predicted molar refractivity (Wildman–Crippen MR) is 241 cm³/mol. The van der Waals surface area contributed by atoms with E-state index in [0.717, 1.165) is 37.1 Å². The minimum atomic E-state index is -1.67. The summed E-state index contributed by atoms with van der Waals surface area (Å²) in [5, 5.41) is 30.2. The minimum absolute atomic E-state index is 0. The summed E-state index contributed by atoms with van der Waals surface area (Å²) in [5.74, 6) is -0.287. The maximum atomic E-state index is 11.4. The third-order valence-electron chi connectivity index (χ3n) is 9.62. The van der Waals surface area contributed by atoms with Crippen LogP contribution in [0.15, 0.2) is 97.1 Å². The fraction of sp³-hybridized carbons (Fsp3) is 0.444. The summed E-state index contributed by atoms with van der Waals surface area (Å²) in [7, 11) is 7.36. The lowest BCUT2D eigenvalue weighted by molar-refractivity contribution is 0.0696. The highest BCUT2D eigenvalue weighted by atomic mass is 36.0. The second kappa shape index (κ2) is 26.7. The van der Waals surface area contributed by atoms with E-state index in [4.69, 9.17) is 4.21 Å². The van der Waals surface area contributed by atoms with Gasteiger partial charge >= 0.3 is 5.97 Å². The number of phenolic OH excluding ortho intramolecular Hbond substituents is 2. The standard InChI is InChI=1S/C22H29NO3.C22H31NO.CH4.Cl2OS.ClH/c1-15(2)23(16(3)4)13-12-19(17-8-6-5-7-9-17)20-14-18(22(25)26)10-11-21(20)24;1-16(2)23(17(3)4)14-13-20(19-9-7-6-8-10-19)21-15-18(5)11-12-22(21)24;;1-4(2)3;/h5-11,14-16,19,24H,12-13H2,1-4H3,(H,25,26);6-12,15-17,20,24H,13-14H2,1-5H3;1H4;;1H/t;20-;;;/m.0.../s1. The van der Waals surface area contributed by atoms with E-state index in [1.165, 1.54) is 23.3 Å². The van der Waals surface area contributed by atoms with Gasteiger partial charge in [0.25, 0.3) is 0 Å². The number of rotatable bonds is 15. The summed E-state index contributed by atoms with van der Waals surface area (Å²) >= 11 is 0. The smallest absolute Gasteiger partial charge is 0.335 e. The predicted octanol–water partition coefficient (Wildman–Crippen LogP) is 12.2. The van der Waals surface area contributed by atoms with E-state index in [1.54, 1.807) is 6.07 Å². The van der Waals surface area contributed by atoms with Crippen LogP contribution < -0.4 is 0 Å². The summed E-state index contributed by atoms with van der Waals surface area (Å²) in [5.41, 5.74) is 5.44. The minimum Gasteiger partial charge on any atom is -0.508 e. The zero-order chi connectivity index (χ0) is 40.5. The Bertz CT molecular complexity index is 1710. The van der Waals surface area contributed by atoms with Crippen LogP contribution in [-0.2, 0) is 9.23 Å². The molecule has 0 heterocycles. The van der Waals surface area contributed by atoms with Crippen LogP contribution in [-0.4, -0.2) is 72.6 Å². The van der Waals surface area contributed by atoms with Crippen molar-refractivity contribution in [2.75, 3.05) is 13.1 Å². The molecule has 11 heteroatoms. The summed E-state index contributed by atoms with van der Waals surface area (Å²) in [6.45, 7) is 21.7. The number of nitrogens with zero attached hydrogens (tertiary/aromatic N) is 2. The van der Waals surface area contributed by atoms with Crippen LogP contribution in [0.2, 0.25) is 0 Å². The number of aryl methyl sites for hydroxylation is 1. The quantitative estimate of drug-likeness (QED) is 0.102. The van der Waals surface area contributed by atoms with Crippen LogP contribution in [0, 0.1) is 6.92 Å². The van der Waals surface area contributed by atoms with Crippen molar-refractivity contribution in [3.05, 3.63) is 130 Å². The van der Waals surface area contributed by atoms with E-state index in [9.17, 15) is 20.1 Å². The van der Waals surface area contributed by atoms with Gasteiger partial charge in [-0.05, 0) is 124 Å². The summed E-state index contributed by atoms with van der Waals surface area (Å²) in [6, 6.07) is 32.9. The third kappa shape index (κ3) is 17.6. The molecule has 4 aromatic carbocycles. The average molecular weight is 852 g/mol. The Balaban J connectivity index is 0.000000956. The first kappa shape index (κ1) is 52.9. The van der Waals surface area contributed by atoms with Gasteiger partial charge in [0.2, 0.25) is 9.23 Å². The number of carbonyl (C=O) groups is 1. The molecular formula is C45H65Cl3N2O5S. The van der Waals surface area contributed by atoms with Gasteiger partial charge in [-0.1, -0.05) is 85.8 Å². The Morgan fingerprint density at radius 2 is 0.964 bits per heavy atom.